The molecule has 1 saturated heterocycles. The fraction of sp³-hybridized carbons (Fsp3) is 0.333. The normalized spacial score (nSPS) is 16.0. The maximum atomic E-state index is 4.34. The van der Waals surface area contributed by atoms with Gasteiger partial charge in [0.2, 0.25) is 0 Å². The number of fused-ring (bicyclic) bond motifs is 1. The molecule has 1 aromatic carbocycles. The lowest BCUT2D eigenvalue weighted by atomic mass is 9.99. The van der Waals surface area contributed by atoms with Crippen LogP contribution in [-0.2, 0) is 0 Å². The average Bonchev–Trinajstić information content (AvgIpc) is 3.06. The first-order valence-electron chi connectivity index (χ1n) is 8.20. The highest BCUT2D eigenvalue weighted by atomic mass is 15.1. The second-order valence-corrected chi connectivity index (χ2v) is 6.30. The number of benzene rings is 1. The van der Waals surface area contributed by atoms with Crippen LogP contribution in [-0.4, -0.2) is 28.0 Å². The van der Waals surface area contributed by atoms with Gasteiger partial charge in [-0.15, -0.1) is 0 Å². The number of hydrogen-bond acceptors (Lipinski definition) is 4. The Labute approximate surface area is 135 Å². The summed E-state index contributed by atoms with van der Waals surface area (Å²) in [7, 11) is 0. The van der Waals surface area contributed by atoms with Crippen LogP contribution in [0.3, 0.4) is 0 Å². The van der Waals surface area contributed by atoms with E-state index in [1.54, 1.807) is 6.33 Å². The van der Waals surface area contributed by atoms with Crippen molar-refractivity contribution < 1.29 is 0 Å². The molecule has 0 spiro atoms. The molecule has 0 unspecified atom stereocenters. The minimum Gasteiger partial charge on any atom is -0.372 e. The molecule has 1 fully saturated rings. The molecule has 0 aliphatic carbocycles. The molecule has 5 heteroatoms. The van der Waals surface area contributed by atoms with E-state index in [-0.39, 0.29) is 0 Å². The summed E-state index contributed by atoms with van der Waals surface area (Å²) in [5, 5.41) is 4.38. The van der Waals surface area contributed by atoms with Crippen molar-refractivity contribution in [2.75, 3.05) is 23.3 Å². The molecule has 118 valence electrons. The lowest BCUT2D eigenvalue weighted by Gasteiger charge is -2.32. The maximum Gasteiger partial charge on any atom is 0.143 e. The van der Waals surface area contributed by atoms with E-state index in [0.29, 0.717) is 0 Å². The molecule has 5 nitrogen and oxygen atoms in total. The van der Waals surface area contributed by atoms with Crippen LogP contribution in [0.15, 0.2) is 42.9 Å². The van der Waals surface area contributed by atoms with Crippen LogP contribution in [0, 0.1) is 5.92 Å². The Kier molecular flexibility index (Phi) is 3.61. The average molecular weight is 307 g/mol. The van der Waals surface area contributed by atoms with Crippen LogP contribution in [0.25, 0.3) is 11.0 Å². The molecule has 2 N–H and O–H groups in total. The van der Waals surface area contributed by atoms with E-state index in [4.69, 9.17) is 0 Å². The molecule has 23 heavy (non-hydrogen) atoms. The zero-order chi connectivity index (χ0) is 15.6. The van der Waals surface area contributed by atoms with Crippen molar-refractivity contribution in [1.82, 2.24) is 15.0 Å². The molecule has 4 rings (SSSR count). The molecular formula is C18H21N5. The molecular weight excluding hydrogens is 286 g/mol. The van der Waals surface area contributed by atoms with Crippen LogP contribution in [0.2, 0.25) is 0 Å². The third kappa shape index (κ3) is 2.86. The summed E-state index contributed by atoms with van der Waals surface area (Å²) in [5.74, 6) is 1.68. The largest absolute Gasteiger partial charge is 0.372 e. The fourth-order valence-corrected chi connectivity index (χ4v) is 3.13. The quantitative estimate of drug-likeness (QED) is 0.769. The number of piperidine rings is 1. The van der Waals surface area contributed by atoms with Crippen LogP contribution in [0.1, 0.15) is 19.8 Å². The molecule has 3 aromatic rings. The van der Waals surface area contributed by atoms with E-state index in [9.17, 15) is 0 Å². The van der Waals surface area contributed by atoms with E-state index in [0.717, 1.165) is 41.5 Å². The van der Waals surface area contributed by atoms with Crippen LogP contribution in [0.5, 0.6) is 0 Å². The predicted molar refractivity (Wildman–Crippen MR) is 94.2 cm³/mol. The number of aromatic amines is 1. The SMILES string of the molecule is CC1CCN(c2ccc(Nc3ncnc4[nH]ccc34)cc2)CC1. The Morgan fingerprint density at radius 3 is 2.65 bits per heavy atom. The van der Waals surface area contributed by atoms with Gasteiger partial charge >= 0.3 is 0 Å². The molecule has 0 radical (unpaired) electrons. The van der Waals surface area contributed by atoms with Gasteiger partial charge in [-0.3, -0.25) is 0 Å². The van der Waals surface area contributed by atoms with Crippen molar-refractivity contribution in [1.29, 1.82) is 0 Å². The molecule has 0 amide bonds. The van der Waals surface area contributed by atoms with E-state index in [1.165, 1.54) is 18.5 Å². The number of aromatic nitrogens is 3. The van der Waals surface area contributed by atoms with Crippen molar-refractivity contribution in [2.45, 2.75) is 19.8 Å². The summed E-state index contributed by atoms with van der Waals surface area (Å²) < 4.78 is 0. The summed E-state index contributed by atoms with van der Waals surface area (Å²) in [5.41, 5.74) is 3.19. The summed E-state index contributed by atoms with van der Waals surface area (Å²) in [6.45, 7) is 4.65. The monoisotopic (exact) mass is 307 g/mol. The number of nitrogens with one attached hydrogen (secondary N) is 2. The van der Waals surface area contributed by atoms with Crippen molar-refractivity contribution in [2.24, 2.45) is 5.92 Å². The number of hydrogen-bond donors (Lipinski definition) is 2. The van der Waals surface area contributed by atoms with Gasteiger partial charge in [-0.05, 0) is 49.1 Å². The van der Waals surface area contributed by atoms with Gasteiger partial charge in [0.1, 0.15) is 17.8 Å². The first-order chi connectivity index (χ1) is 11.3. The van der Waals surface area contributed by atoms with Crippen LogP contribution >= 0.6 is 0 Å². The Hall–Kier alpha value is -2.56. The van der Waals surface area contributed by atoms with Gasteiger partial charge in [-0.25, -0.2) is 9.97 Å². The molecule has 2 aromatic heterocycles. The second-order valence-electron chi connectivity index (χ2n) is 6.30. The van der Waals surface area contributed by atoms with Crippen molar-refractivity contribution in [3.63, 3.8) is 0 Å². The lowest BCUT2D eigenvalue weighted by molar-refractivity contribution is 0.438. The molecule has 3 heterocycles. The molecule has 0 atom stereocenters. The zero-order valence-electron chi connectivity index (χ0n) is 13.3. The molecule has 0 saturated carbocycles. The Balaban J connectivity index is 1.51. The Bertz CT molecular complexity index is 785. The highest BCUT2D eigenvalue weighted by molar-refractivity contribution is 5.88. The minimum absolute atomic E-state index is 0.829. The fourth-order valence-electron chi connectivity index (χ4n) is 3.13. The highest BCUT2D eigenvalue weighted by Crippen LogP contribution is 2.26. The minimum atomic E-state index is 0.829. The topological polar surface area (TPSA) is 56.8 Å². The van der Waals surface area contributed by atoms with Gasteiger partial charge in [0.25, 0.3) is 0 Å². The Morgan fingerprint density at radius 2 is 1.87 bits per heavy atom. The zero-order valence-corrected chi connectivity index (χ0v) is 13.3. The number of nitrogens with zero attached hydrogens (tertiary/aromatic N) is 3. The van der Waals surface area contributed by atoms with E-state index in [2.05, 4.69) is 56.4 Å². The first-order valence-corrected chi connectivity index (χ1v) is 8.20. The van der Waals surface area contributed by atoms with Gasteiger partial charge in [-0.2, -0.15) is 0 Å². The van der Waals surface area contributed by atoms with Gasteiger partial charge < -0.3 is 15.2 Å². The van der Waals surface area contributed by atoms with E-state index < -0.39 is 0 Å². The number of rotatable bonds is 3. The molecule has 1 aliphatic rings. The summed E-state index contributed by atoms with van der Waals surface area (Å²) in [6, 6.07) is 10.6. The molecule has 1 aliphatic heterocycles. The van der Waals surface area contributed by atoms with Crippen LogP contribution in [0.4, 0.5) is 17.2 Å². The van der Waals surface area contributed by atoms with Crippen molar-refractivity contribution in [3.05, 3.63) is 42.9 Å². The van der Waals surface area contributed by atoms with Crippen molar-refractivity contribution in [3.8, 4) is 0 Å². The third-order valence-corrected chi connectivity index (χ3v) is 4.63. The third-order valence-electron chi connectivity index (χ3n) is 4.63. The highest BCUT2D eigenvalue weighted by Gasteiger charge is 2.15. The predicted octanol–water partition coefficient (Wildman–Crippen LogP) is 3.94. The van der Waals surface area contributed by atoms with Crippen molar-refractivity contribution >= 4 is 28.2 Å². The van der Waals surface area contributed by atoms with E-state index >= 15 is 0 Å². The van der Waals surface area contributed by atoms with Gasteiger partial charge in [0.05, 0.1) is 5.39 Å². The summed E-state index contributed by atoms with van der Waals surface area (Å²) in [4.78, 5) is 14.1. The number of anilines is 3. The lowest BCUT2D eigenvalue weighted by Crippen LogP contribution is -2.32. The van der Waals surface area contributed by atoms with Gasteiger partial charge in [-0.1, -0.05) is 6.92 Å². The Morgan fingerprint density at radius 1 is 1.09 bits per heavy atom. The summed E-state index contributed by atoms with van der Waals surface area (Å²) in [6.07, 6.45) is 6.02. The van der Waals surface area contributed by atoms with Gasteiger partial charge in [0.15, 0.2) is 0 Å². The first kappa shape index (κ1) is 14.1. The van der Waals surface area contributed by atoms with Crippen LogP contribution < -0.4 is 10.2 Å². The van der Waals surface area contributed by atoms with E-state index in [1.807, 2.05) is 12.3 Å². The smallest absolute Gasteiger partial charge is 0.143 e. The second kappa shape index (κ2) is 5.91. The van der Waals surface area contributed by atoms with Gasteiger partial charge in [0, 0.05) is 30.7 Å². The standard InChI is InChI=1S/C18H21N5/c1-13-7-10-23(11-8-13)15-4-2-14(3-5-15)22-18-16-6-9-19-17(16)20-12-21-18/h2-6,9,12-13H,7-8,10-11H2,1H3,(H2,19,20,21,22). The maximum absolute atomic E-state index is 4.34. The molecule has 0 bridgehead atoms. The number of H-pyrrole nitrogens is 1. The summed E-state index contributed by atoms with van der Waals surface area (Å²) >= 11 is 0.